The Bertz CT molecular complexity index is 221. The van der Waals surface area contributed by atoms with Crippen molar-refractivity contribution in [1.29, 1.82) is 0 Å². The zero-order valence-corrected chi connectivity index (χ0v) is 10.2. The van der Waals surface area contributed by atoms with Crippen LogP contribution in [0.15, 0.2) is 0 Å². The molecule has 0 unspecified atom stereocenters. The van der Waals surface area contributed by atoms with Crippen molar-refractivity contribution in [3.8, 4) is 0 Å². The highest BCUT2D eigenvalue weighted by molar-refractivity contribution is 5.69. The van der Waals surface area contributed by atoms with E-state index in [2.05, 4.69) is 0 Å². The van der Waals surface area contributed by atoms with E-state index in [1.807, 2.05) is 0 Å². The summed E-state index contributed by atoms with van der Waals surface area (Å²) in [6.07, 6.45) is 12.6. The molecule has 0 aromatic rings. The summed E-state index contributed by atoms with van der Waals surface area (Å²) in [6, 6.07) is 0. The molecule has 0 bridgehead atoms. The molecule has 2 aliphatic rings. The molecule has 0 heterocycles. The van der Waals surface area contributed by atoms with E-state index in [0.717, 1.165) is 24.7 Å². The lowest BCUT2D eigenvalue weighted by Crippen LogP contribution is -2.25. The molecule has 0 aromatic carbocycles. The van der Waals surface area contributed by atoms with Gasteiger partial charge in [0.25, 0.3) is 0 Å². The molecule has 0 amide bonds. The van der Waals surface area contributed by atoms with Crippen molar-refractivity contribution in [2.24, 2.45) is 17.8 Å². The molecule has 92 valence electrons. The predicted molar refractivity (Wildman–Crippen MR) is 64.3 cm³/mol. The first kappa shape index (κ1) is 11.9. The fraction of sp³-hybridized carbons (Fsp3) is 0.929. The van der Waals surface area contributed by atoms with Crippen molar-refractivity contribution in [3.05, 3.63) is 0 Å². The number of carboxylic acid groups (broad SMARTS) is 1. The van der Waals surface area contributed by atoms with Crippen LogP contribution in [0.25, 0.3) is 0 Å². The maximum atomic E-state index is 10.9. The lowest BCUT2D eigenvalue weighted by molar-refractivity contribution is -0.143. The maximum Gasteiger partial charge on any atom is 0.306 e. The minimum atomic E-state index is -0.570. The summed E-state index contributed by atoms with van der Waals surface area (Å²) in [5.41, 5.74) is 0. The molecule has 0 radical (unpaired) electrons. The second kappa shape index (κ2) is 5.70. The third-order valence-corrected chi connectivity index (χ3v) is 4.69. The normalized spacial score (nSPS) is 33.2. The Labute approximate surface area is 98.4 Å². The minimum absolute atomic E-state index is 0.0398. The summed E-state index contributed by atoms with van der Waals surface area (Å²) in [7, 11) is 0. The second-order valence-corrected chi connectivity index (χ2v) is 5.70. The van der Waals surface area contributed by atoms with Crippen molar-refractivity contribution >= 4 is 5.97 Å². The van der Waals surface area contributed by atoms with Gasteiger partial charge < -0.3 is 5.11 Å². The second-order valence-electron chi connectivity index (χ2n) is 5.70. The van der Waals surface area contributed by atoms with Crippen LogP contribution in [0, 0.1) is 17.8 Å². The molecule has 16 heavy (non-hydrogen) atoms. The number of aliphatic carboxylic acids is 1. The van der Waals surface area contributed by atoms with E-state index >= 15 is 0 Å². The van der Waals surface area contributed by atoms with Crippen molar-refractivity contribution < 1.29 is 9.90 Å². The predicted octanol–water partition coefficient (Wildman–Crippen LogP) is 3.85. The summed E-state index contributed by atoms with van der Waals surface area (Å²) in [5, 5.41) is 8.98. The molecule has 0 aliphatic heterocycles. The van der Waals surface area contributed by atoms with Crippen LogP contribution in [0.2, 0.25) is 0 Å². The van der Waals surface area contributed by atoms with Crippen LogP contribution in [-0.2, 0) is 4.79 Å². The molecule has 2 rings (SSSR count). The summed E-state index contributed by atoms with van der Waals surface area (Å²) in [5.74, 6) is 1.15. The van der Waals surface area contributed by atoms with E-state index in [-0.39, 0.29) is 5.92 Å². The number of rotatable bonds is 2. The summed E-state index contributed by atoms with van der Waals surface area (Å²) in [4.78, 5) is 10.9. The van der Waals surface area contributed by atoms with Crippen molar-refractivity contribution in [3.63, 3.8) is 0 Å². The smallest absolute Gasteiger partial charge is 0.306 e. The highest BCUT2D eigenvalue weighted by Gasteiger charge is 2.30. The quantitative estimate of drug-likeness (QED) is 0.723. The maximum absolute atomic E-state index is 10.9. The third kappa shape index (κ3) is 2.99. The van der Waals surface area contributed by atoms with Crippen LogP contribution in [0.5, 0.6) is 0 Å². The van der Waals surface area contributed by atoms with Crippen LogP contribution in [-0.4, -0.2) is 11.1 Å². The van der Waals surface area contributed by atoms with Gasteiger partial charge in [-0.25, -0.2) is 0 Å². The highest BCUT2D eigenvalue weighted by atomic mass is 16.4. The van der Waals surface area contributed by atoms with Crippen molar-refractivity contribution in [1.82, 2.24) is 0 Å². The molecule has 2 fully saturated rings. The van der Waals surface area contributed by atoms with Gasteiger partial charge in [0, 0.05) is 0 Å². The fourth-order valence-corrected chi connectivity index (χ4v) is 3.62. The summed E-state index contributed by atoms with van der Waals surface area (Å²) < 4.78 is 0. The van der Waals surface area contributed by atoms with Gasteiger partial charge in [0.15, 0.2) is 0 Å². The molecule has 0 saturated heterocycles. The van der Waals surface area contributed by atoms with Gasteiger partial charge in [0.1, 0.15) is 0 Å². The average Bonchev–Trinajstić information content (AvgIpc) is 2.57. The fourth-order valence-electron chi connectivity index (χ4n) is 3.62. The van der Waals surface area contributed by atoms with Gasteiger partial charge in [-0.05, 0) is 37.5 Å². The molecule has 2 nitrogen and oxygen atoms in total. The Morgan fingerprint density at radius 1 is 0.750 bits per heavy atom. The topological polar surface area (TPSA) is 37.3 Å². The number of carboxylic acids is 1. The van der Waals surface area contributed by atoms with Gasteiger partial charge >= 0.3 is 5.97 Å². The number of carbonyl (C=O) groups is 1. The van der Waals surface area contributed by atoms with Gasteiger partial charge in [-0.3, -0.25) is 4.79 Å². The van der Waals surface area contributed by atoms with Gasteiger partial charge in [-0.1, -0.05) is 38.5 Å². The van der Waals surface area contributed by atoms with Crippen LogP contribution in [0.1, 0.15) is 64.2 Å². The van der Waals surface area contributed by atoms with Crippen LogP contribution in [0.4, 0.5) is 0 Å². The molecule has 0 atom stereocenters. The molecule has 2 heteroatoms. The van der Waals surface area contributed by atoms with Crippen LogP contribution in [0.3, 0.4) is 0 Å². The Morgan fingerprint density at radius 3 is 1.75 bits per heavy atom. The van der Waals surface area contributed by atoms with E-state index < -0.39 is 5.97 Å². The number of hydrogen-bond acceptors (Lipinski definition) is 1. The molecular formula is C14H24O2. The van der Waals surface area contributed by atoms with E-state index in [1.165, 1.54) is 51.4 Å². The van der Waals surface area contributed by atoms with Gasteiger partial charge in [-0.2, -0.15) is 0 Å². The molecular weight excluding hydrogens is 200 g/mol. The van der Waals surface area contributed by atoms with Gasteiger partial charge in [0.05, 0.1) is 5.92 Å². The van der Waals surface area contributed by atoms with Crippen molar-refractivity contribution in [2.45, 2.75) is 64.2 Å². The largest absolute Gasteiger partial charge is 0.481 e. The first-order chi connectivity index (χ1) is 7.77. The Balaban J connectivity index is 1.81. The summed E-state index contributed by atoms with van der Waals surface area (Å²) in [6.45, 7) is 0. The lowest BCUT2D eigenvalue weighted by Gasteiger charge is -2.32. The first-order valence-corrected chi connectivity index (χ1v) is 7.00. The lowest BCUT2D eigenvalue weighted by atomic mass is 9.73. The molecule has 0 aromatic heterocycles. The zero-order valence-electron chi connectivity index (χ0n) is 10.2. The molecule has 1 N–H and O–H groups in total. The standard InChI is InChI=1S/C14H24O2/c15-14(16)13-9-7-12(8-10-13)11-5-3-1-2-4-6-11/h11-13H,1-10H2,(H,15,16). The van der Waals surface area contributed by atoms with E-state index in [4.69, 9.17) is 5.11 Å². The van der Waals surface area contributed by atoms with Crippen LogP contribution < -0.4 is 0 Å². The average molecular weight is 224 g/mol. The zero-order chi connectivity index (χ0) is 11.4. The van der Waals surface area contributed by atoms with E-state index in [9.17, 15) is 4.79 Å². The monoisotopic (exact) mass is 224 g/mol. The van der Waals surface area contributed by atoms with Gasteiger partial charge in [-0.15, -0.1) is 0 Å². The van der Waals surface area contributed by atoms with Crippen LogP contribution >= 0.6 is 0 Å². The Morgan fingerprint density at radius 2 is 1.25 bits per heavy atom. The SMILES string of the molecule is O=C(O)C1CCC(C2CCCCCC2)CC1. The molecule has 0 spiro atoms. The Kier molecular flexibility index (Phi) is 4.25. The van der Waals surface area contributed by atoms with E-state index in [0.29, 0.717) is 0 Å². The highest BCUT2D eigenvalue weighted by Crippen LogP contribution is 2.39. The van der Waals surface area contributed by atoms with Crippen molar-refractivity contribution in [2.75, 3.05) is 0 Å². The first-order valence-electron chi connectivity index (χ1n) is 7.00. The minimum Gasteiger partial charge on any atom is -0.481 e. The van der Waals surface area contributed by atoms with E-state index in [1.54, 1.807) is 0 Å². The molecule has 2 saturated carbocycles. The number of hydrogen-bond donors (Lipinski definition) is 1. The Hall–Kier alpha value is -0.530. The van der Waals surface area contributed by atoms with Gasteiger partial charge in [0.2, 0.25) is 0 Å². The third-order valence-electron chi connectivity index (χ3n) is 4.69. The molecule has 2 aliphatic carbocycles. The summed E-state index contributed by atoms with van der Waals surface area (Å²) >= 11 is 0.